The summed E-state index contributed by atoms with van der Waals surface area (Å²) < 4.78 is 46.5. The van der Waals surface area contributed by atoms with Crippen molar-refractivity contribution in [3.8, 4) is 0 Å². The Morgan fingerprint density at radius 1 is 1.67 bits per heavy atom. The van der Waals surface area contributed by atoms with Gasteiger partial charge in [0.25, 0.3) is 0 Å². The van der Waals surface area contributed by atoms with E-state index in [9.17, 15) is 17.7 Å². The summed E-state index contributed by atoms with van der Waals surface area (Å²) in [5.74, 6) is 0. The van der Waals surface area contributed by atoms with Crippen LogP contribution in [0.1, 0.15) is 0 Å². The summed E-state index contributed by atoms with van der Waals surface area (Å²) in [5.41, 5.74) is 4.81. The minimum atomic E-state index is -4.78. The molecule has 0 rings (SSSR count). The van der Waals surface area contributed by atoms with Crippen LogP contribution in [0.2, 0.25) is 0 Å². The van der Waals surface area contributed by atoms with Crippen molar-refractivity contribution in [2.24, 2.45) is 5.73 Å². The topological polar surface area (TPSA) is 63.3 Å². The maximum Gasteiger partial charge on any atom is 0.421 e. The number of alkyl halides is 3. The highest BCUT2D eigenvalue weighted by Crippen LogP contribution is 2.53. The van der Waals surface area contributed by atoms with Crippen LogP contribution < -0.4 is 5.73 Å². The highest BCUT2D eigenvalue weighted by atomic mass is 31.2. The normalized spacial score (nSPS) is 19.0. The predicted octanol–water partition coefficient (Wildman–Crippen LogP) is 1.29. The van der Waals surface area contributed by atoms with Crippen LogP contribution in [0.25, 0.3) is 0 Å². The average molecular weight is 203 g/mol. The molecule has 0 bridgehead atoms. The van der Waals surface area contributed by atoms with E-state index in [2.05, 4.69) is 0 Å². The summed E-state index contributed by atoms with van der Waals surface area (Å²) >= 11 is 0. The quantitative estimate of drug-likeness (QED) is 0.664. The molecule has 0 aliphatic rings. The third-order valence-corrected chi connectivity index (χ3v) is 2.38. The minimum absolute atomic E-state index is 0.409. The molecule has 0 aliphatic carbocycles. The summed E-state index contributed by atoms with van der Waals surface area (Å²) in [4.78, 5) is 8.66. The largest absolute Gasteiger partial charge is 0.421 e. The zero-order valence-electron chi connectivity index (χ0n) is 6.30. The summed E-state index contributed by atoms with van der Waals surface area (Å²) in [6.07, 6.45) is -4.26. The van der Waals surface area contributed by atoms with E-state index in [-0.39, 0.29) is 0 Å². The first-order chi connectivity index (χ1) is 5.19. The lowest BCUT2D eigenvalue weighted by atomic mass is 10.5. The molecule has 0 heterocycles. The first kappa shape index (κ1) is 11.7. The maximum atomic E-state index is 11.9. The van der Waals surface area contributed by atoms with Gasteiger partial charge in [0.2, 0.25) is 7.37 Å². The van der Waals surface area contributed by atoms with Crippen molar-refractivity contribution < 1.29 is 22.6 Å². The second-order valence-corrected chi connectivity index (χ2v) is 4.44. The van der Waals surface area contributed by atoms with E-state index in [1.54, 1.807) is 0 Å². The van der Waals surface area contributed by atoms with E-state index in [0.29, 0.717) is 12.7 Å². The van der Waals surface area contributed by atoms with E-state index in [1.807, 2.05) is 0 Å². The van der Waals surface area contributed by atoms with Crippen LogP contribution in [0, 0.1) is 0 Å². The molecule has 3 nitrogen and oxygen atoms in total. The molecule has 1 atom stereocenters. The Kier molecular flexibility index (Phi) is 3.50. The Morgan fingerprint density at radius 2 is 2.08 bits per heavy atom. The molecule has 12 heavy (non-hydrogen) atoms. The van der Waals surface area contributed by atoms with E-state index in [1.165, 1.54) is 0 Å². The Labute approximate surface area is 67.5 Å². The number of hydrogen-bond donors (Lipinski definition) is 2. The molecule has 0 fully saturated rings. The Balaban J connectivity index is 4.97. The van der Waals surface area contributed by atoms with E-state index in [0.717, 1.165) is 0 Å². The summed E-state index contributed by atoms with van der Waals surface area (Å²) in [7, 11) is -4.26. The third-order valence-electron chi connectivity index (χ3n) is 1.05. The molecular weight excluding hydrogens is 194 g/mol. The van der Waals surface area contributed by atoms with Gasteiger partial charge < -0.3 is 10.6 Å². The van der Waals surface area contributed by atoms with Crippen molar-refractivity contribution in [2.45, 2.75) is 6.18 Å². The molecule has 3 N–H and O–H groups in total. The van der Waals surface area contributed by atoms with Gasteiger partial charge in [-0.15, -0.1) is 0 Å². The van der Waals surface area contributed by atoms with Crippen LogP contribution in [-0.4, -0.2) is 24.3 Å². The van der Waals surface area contributed by atoms with Gasteiger partial charge in [0.05, 0.1) is 0 Å². The van der Waals surface area contributed by atoms with Crippen molar-refractivity contribution in [1.29, 1.82) is 0 Å². The lowest BCUT2D eigenvalue weighted by Crippen LogP contribution is -2.13. The summed E-state index contributed by atoms with van der Waals surface area (Å²) in [6.45, 7) is 0.217. The fourth-order valence-corrected chi connectivity index (χ4v) is 1.55. The average Bonchev–Trinajstić information content (AvgIpc) is 1.77. The summed E-state index contributed by atoms with van der Waals surface area (Å²) in [6, 6.07) is 0. The molecule has 0 saturated carbocycles. The molecule has 0 aliphatic heterocycles. The first-order valence-electron chi connectivity index (χ1n) is 2.98. The lowest BCUT2D eigenvalue weighted by molar-refractivity contribution is -0.0855. The van der Waals surface area contributed by atoms with Gasteiger partial charge in [0, 0.05) is 13.2 Å². The van der Waals surface area contributed by atoms with Gasteiger partial charge in [-0.05, 0) is 0 Å². The molecule has 0 aromatic carbocycles. The number of hydrogen-bond acceptors (Lipinski definition) is 2. The van der Waals surface area contributed by atoms with Crippen LogP contribution in [0.3, 0.4) is 0 Å². The van der Waals surface area contributed by atoms with Gasteiger partial charge >= 0.3 is 6.18 Å². The maximum absolute atomic E-state index is 11.9. The Bertz CT molecular complexity index is 229. The van der Waals surface area contributed by atoms with Crippen molar-refractivity contribution in [2.75, 3.05) is 13.2 Å². The van der Waals surface area contributed by atoms with E-state index >= 15 is 0 Å². The number of nitrogens with two attached hydrogens (primary N) is 1. The molecule has 0 radical (unpaired) electrons. The van der Waals surface area contributed by atoms with Gasteiger partial charge in [-0.1, -0.05) is 6.08 Å². The third kappa shape index (κ3) is 3.38. The van der Waals surface area contributed by atoms with Crippen LogP contribution in [0.4, 0.5) is 13.2 Å². The fourth-order valence-electron chi connectivity index (χ4n) is 0.632. The zero-order chi connectivity index (χ0) is 9.99. The van der Waals surface area contributed by atoms with Gasteiger partial charge in [0.1, 0.15) is 5.31 Å². The Morgan fingerprint density at radius 3 is 2.17 bits per heavy atom. The smallest absolute Gasteiger partial charge is 0.341 e. The van der Waals surface area contributed by atoms with Gasteiger partial charge in [0.15, 0.2) is 0 Å². The van der Waals surface area contributed by atoms with Crippen LogP contribution in [-0.2, 0) is 4.57 Å². The van der Waals surface area contributed by atoms with Crippen molar-refractivity contribution in [3.05, 3.63) is 11.4 Å². The molecule has 72 valence electrons. The zero-order valence-corrected chi connectivity index (χ0v) is 7.19. The molecule has 1 unspecified atom stereocenters. The molecule has 0 aromatic heterocycles. The van der Waals surface area contributed by atoms with Crippen LogP contribution >= 0.6 is 7.37 Å². The van der Waals surface area contributed by atoms with Crippen molar-refractivity contribution in [3.63, 3.8) is 0 Å². The van der Waals surface area contributed by atoms with Crippen LogP contribution in [0.5, 0.6) is 0 Å². The lowest BCUT2D eigenvalue weighted by Gasteiger charge is -2.13. The number of rotatable bonds is 2. The molecule has 0 saturated heterocycles. The van der Waals surface area contributed by atoms with E-state index in [4.69, 9.17) is 10.6 Å². The van der Waals surface area contributed by atoms with Crippen molar-refractivity contribution >= 4 is 7.37 Å². The SMILES string of the molecule is CP(=O)(O)C(=CCN)C(F)(F)F. The standard InChI is InChI=1S/C5H9F3NO2P/c1-12(10,11)4(2-3-9)5(6,7)8/h2H,3,9H2,1H3,(H,10,11). The second kappa shape index (κ2) is 3.60. The van der Waals surface area contributed by atoms with Crippen LogP contribution in [0.15, 0.2) is 11.4 Å². The number of halogens is 3. The predicted molar refractivity (Wildman–Crippen MR) is 38.9 cm³/mol. The molecule has 0 spiro atoms. The number of allylic oxidation sites excluding steroid dienone is 1. The van der Waals surface area contributed by atoms with E-state index < -0.39 is 25.4 Å². The Hall–Kier alpha value is -0.320. The monoisotopic (exact) mass is 203 g/mol. The molecule has 0 amide bonds. The van der Waals surface area contributed by atoms with Gasteiger partial charge in [-0.3, -0.25) is 4.57 Å². The van der Waals surface area contributed by atoms with Crippen molar-refractivity contribution in [1.82, 2.24) is 0 Å². The molecular formula is C5H9F3NO2P. The summed E-state index contributed by atoms with van der Waals surface area (Å²) in [5, 5.41) is -1.45. The fraction of sp³-hybridized carbons (Fsp3) is 0.600. The second-order valence-electron chi connectivity index (χ2n) is 2.20. The minimum Gasteiger partial charge on any atom is -0.341 e. The van der Waals surface area contributed by atoms with Gasteiger partial charge in [-0.25, -0.2) is 0 Å². The van der Waals surface area contributed by atoms with Gasteiger partial charge in [-0.2, -0.15) is 13.2 Å². The molecule has 0 aromatic rings. The first-order valence-corrected chi connectivity index (χ1v) is 5.08. The highest BCUT2D eigenvalue weighted by molar-refractivity contribution is 7.61. The highest BCUT2D eigenvalue weighted by Gasteiger charge is 2.41. The molecule has 7 heteroatoms.